The Morgan fingerprint density at radius 2 is 1.72 bits per heavy atom. The van der Waals surface area contributed by atoms with Crippen LogP contribution in [-0.4, -0.2) is 11.0 Å². The van der Waals surface area contributed by atoms with E-state index >= 15 is 0 Å². The second-order valence-electron chi connectivity index (χ2n) is 4.45. The quantitative estimate of drug-likeness (QED) is 0.576. The summed E-state index contributed by atoms with van der Waals surface area (Å²) in [5.41, 5.74) is 1.34. The van der Waals surface area contributed by atoms with E-state index in [1.807, 2.05) is 20.8 Å². The number of nitrogens with two attached hydrogens (primary N) is 1. The van der Waals surface area contributed by atoms with Crippen molar-refractivity contribution in [2.45, 2.75) is 33.0 Å². The van der Waals surface area contributed by atoms with Gasteiger partial charge in [-0.1, -0.05) is 13.8 Å². The first-order valence-corrected chi connectivity index (χ1v) is 5.56. The van der Waals surface area contributed by atoms with Crippen molar-refractivity contribution in [2.75, 3.05) is 10.7 Å². The fourth-order valence-corrected chi connectivity index (χ4v) is 1.24. The van der Waals surface area contributed by atoms with Gasteiger partial charge in [0.15, 0.2) is 0 Å². The fraction of sp³-hybridized carbons (Fsp3) is 0.545. The number of pyridine rings is 1. The Balaban J connectivity index is 3.05. The van der Waals surface area contributed by atoms with Crippen molar-refractivity contribution in [1.29, 1.82) is 0 Å². The predicted molar refractivity (Wildman–Crippen MR) is 65.0 cm³/mol. The summed E-state index contributed by atoms with van der Waals surface area (Å²) < 4.78 is 38.0. The smallest absolute Gasteiger partial charge is 0.367 e. The summed E-state index contributed by atoms with van der Waals surface area (Å²) in [7, 11) is 0. The van der Waals surface area contributed by atoms with E-state index in [0.717, 1.165) is 12.1 Å². The van der Waals surface area contributed by atoms with Crippen LogP contribution in [0.15, 0.2) is 12.1 Å². The number of rotatable bonds is 4. The molecule has 0 fully saturated rings. The number of nitrogens with one attached hydrogen (secondary N) is 2. The molecule has 7 heteroatoms. The average Bonchev–Trinajstić information content (AvgIpc) is 2.27. The Bertz CT molecular complexity index is 404. The van der Waals surface area contributed by atoms with E-state index < -0.39 is 11.7 Å². The lowest BCUT2D eigenvalue weighted by Gasteiger charge is -2.19. The highest BCUT2D eigenvalue weighted by Gasteiger charge is 2.31. The van der Waals surface area contributed by atoms with E-state index in [1.165, 1.54) is 0 Å². The van der Waals surface area contributed by atoms with Crippen LogP contribution >= 0.6 is 0 Å². The molecule has 0 amide bonds. The van der Waals surface area contributed by atoms with Gasteiger partial charge in [0, 0.05) is 6.04 Å². The van der Waals surface area contributed by atoms with Crippen molar-refractivity contribution >= 4 is 11.6 Å². The van der Waals surface area contributed by atoms with Gasteiger partial charge in [0.05, 0.1) is 5.56 Å². The number of hydrogen-bond donors (Lipinski definition) is 3. The number of hydrogen-bond acceptors (Lipinski definition) is 4. The SMILES string of the molecule is CC(C)C(C)Nc1cc(C(F)(F)F)cc(NN)n1. The number of anilines is 2. The van der Waals surface area contributed by atoms with Gasteiger partial charge < -0.3 is 10.7 Å². The molecule has 18 heavy (non-hydrogen) atoms. The molecule has 0 aromatic carbocycles. The average molecular weight is 262 g/mol. The first-order valence-electron chi connectivity index (χ1n) is 5.56. The molecule has 0 aliphatic carbocycles. The van der Waals surface area contributed by atoms with Crippen molar-refractivity contribution in [2.24, 2.45) is 11.8 Å². The molecule has 1 heterocycles. The topological polar surface area (TPSA) is 63.0 Å². The normalized spacial score (nSPS) is 13.6. The highest BCUT2D eigenvalue weighted by atomic mass is 19.4. The maximum absolute atomic E-state index is 12.7. The van der Waals surface area contributed by atoms with Gasteiger partial charge >= 0.3 is 6.18 Å². The molecule has 0 saturated carbocycles. The van der Waals surface area contributed by atoms with Gasteiger partial charge in [-0.15, -0.1) is 0 Å². The van der Waals surface area contributed by atoms with Crippen LogP contribution in [0.4, 0.5) is 24.8 Å². The molecule has 4 nitrogen and oxygen atoms in total. The van der Waals surface area contributed by atoms with Gasteiger partial charge in [-0.05, 0) is 25.0 Å². The Hall–Kier alpha value is -1.50. The minimum absolute atomic E-state index is 0.00612. The summed E-state index contributed by atoms with van der Waals surface area (Å²) in [4.78, 5) is 3.94. The second kappa shape index (κ2) is 5.43. The zero-order valence-electron chi connectivity index (χ0n) is 10.5. The van der Waals surface area contributed by atoms with Crippen LogP contribution in [0.25, 0.3) is 0 Å². The maximum Gasteiger partial charge on any atom is 0.416 e. The maximum atomic E-state index is 12.7. The standard InChI is InChI=1S/C11H17F3N4/c1-6(2)7(3)16-9-4-8(11(12,13)14)5-10(17-9)18-15/h4-7H,15H2,1-3H3,(H2,16,17,18). The molecule has 0 bridgehead atoms. The van der Waals surface area contributed by atoms with E-state index in [0.29, 0.717) is 0 Å². The second-order valence-corrected chi connectivity index (χ2v) is 4.45. The van der Waals surface area contributed by atoms with Crippen molar-refractivity contribution < 1.29 is 13.2 Å². The van der Waals surface area contributed by atoms with Crippen LogP contribution in [0.3, 0.4) is 0 Å². The Kier molecular flexibility index (Phi) is 4.39. The summed E-state index contributed by atoms with van der Waals surface area (Å²) in [6.45, 7) is 5.81. The molecule has 4 N–H and O–H groups in total. The molecular formula is C11H17F3N4. The minimum atomic E-state index is -4.42. The van der Waals surface area contributed by atoms with E-state index in [4.69, 9.17) is 5.84 Å². The minimum Gasteiger partial charge on any atom is -0.367 e. The monoisotopic (exact) mass is 262 g/mol. The van der Waals surface area contributed by atoms with Crippen molar-refractivity contribution in [3.63, 3.8) is 0 Å². The summed E-state index contributed by atoms with van der Waals surface area (Å²) in [5, 5.41) is 2.92. The van der Waals surface area contributed by atoms with Crippen LogP contribution in [0.2, 0.25) is 0 Å². The molecular weight excluding hydrogens is 245 g/mol. The summed E-state index contributed by atoms with van der Waals surface area (Å²) in [6.07, 6.45) is -4.42. The molecule has 1 rings (SSSR count). The largest absolute Gasteiger partial charge is 0.416 e. The van der Waals surface area contributed by atoms with E-state index in [9.17, 15) is 13.2 Å². The van der Waals surface area contributed by atoms with Gasteiger partial charge in [0.1, 0.15) is 11.6 Å². The molecule has 102 valence electrons. The third kappa shape index (κ3) is 3.76. The van der Waals surface area contributed by atoms with Crippen LogP contribution in [0.5, 0.6) is 0 Å². The molecule has 1 atom stereocenters. The van der Waals surface area contributed by atoms with Gasteiger partial charge in [0.25, 0.3) is 0 Å². The molecule has 0 spiro atoms. The van der Waals surface area contributed by atoms with Crippen molar-refractivity contribution in [3.8, 4) is 0 Å². The first kappa shape index (κ1) is 14.6. The number of alkyl halides is 3. The number of nitrogen functional groups attached to an aromatic ring is 1. The van der Waals surface area contributed by atoms with Gasteiger partial charge in [-0.25, -0.2) is 10.8 Å². The van der Waals surface area contributed by atoms with Crippen LogP contribution in [0, 0.1) is 5.92 Å². The zero-order valence-corrected chi connectivity index (χ0v) is 10.5. The lowest BCUT2D eigenvalue weighted by atomic mass is 10.1. The van der Waals surface area contributed by atoms with Crippen LogP contribution in [0.1, 0.15) is 26.3 Å². The van der Waals surface area contributed by atoms with Crippen molar-refractivity contribution in [3.05, 3.63) is 17.7 Å². The number of hydrazine groups is 1. The summed E-state index contributed by atoms with van der Waals surface area (Å²) in [5.74, 6) is 5.51. The molecule has 0 radical (unpaired) electrons. The molecule has 0 aliphatic rings. The Labute approximate surface area is 104 Å². The summed E-state index contributed by atoms with van der Waals surface area (Å²) >= 11 is 0. The highest BCUT2D eigenvalue weighted by molar-refractivity contribution is 5.49. The van der Waals surface area contributed by atoms with Crippen LogP contribution in [-0.2, 0) is 6.18 Å². The van der Waals surface area contributed by atoms with E-state index in [-0.39, 0.29) is 23.6 Å². The third-order valence-corrected chi connectivity index (χ3v) is 2.68. The van der Waals surface area contributed by atoms with Gasteiger partial charge in [-0.2, -0.15) is 13.2 Å². The predicted octanol–water partition coefficient (Wildman–Crippen LogP) is 2.84. The number of nitrogens with zero attached hydrogens (tertiary/aromatic N) is 1. The Morgan fingerprint density at radius 1 is 1.17 bits per heavy atom. The van der Waals surface area contributed by atoms with Gasteiger partial charge in [-0.3, -0.25) is 0 Å². The van der Waals surface area contributed by atoms with E-state index in [2.05, 4.69) is 15.7 Å². The van der Waals surface area contributed by atoms with Crippen molar-refractivity contribution in [1.82, 2.24) is 4.98 Å². The van der Waals surface area contributed by atoms with Crippen LogP contribution < -0.4 is 16.6 Å². The zero-order chi connectivity index (χ0) is 13.9. The fourth-order valence-electron chi connectivity index (χ4n) is 1.24. The summed E-state index contributed by atoms with van der Waals surface area (Å²) in [6, 6.07) is 1.84. The van der Waals surface area contributed by atoms with E-state index in [1.54, 1.807) is 0 Å². The molecule has 1 aromatic rings. The molecule has 1 unspecified atom stereocenters. The number of aromatic nitrogens is 1. The van der Waals surface area contributed by atoms with Gasteiger partial charge in [0.2, 0.25) is 0 Å². The third-order valence-electron chi connectivity index (χ3n) is 2.68. The lowest BCUT2D eigenvalue weighted by molar-refractivity contribution is -0.137. The number of halogens is 3. The first-order chi connectivity index (χ1) is 8.24. The molecule has 0 aliphatic heterocycles. The molecule has 0 saturated heterocycles. The highest BCUT2D eigenvalue weighted by Crippen LogP contribution is 2.32. The lowest BCUT2D eigenvalue weighted by Crippen LogP contribution is -2.23. The Morgan fingerprint density at radius 3 is 2.17 bits per heavy atom. The molecule has 1 aromatic heterocycles.